The van der Waals surface area contributed by atoms with Gasteiger partial charge < -0.3 is 20.4 Å². The van der Waals surface area contributed by atoms with Crippen LogP contribution in [0, 0.1) is 5.92 Å². The maximum atomic E-state index is 12.6. The number of rotatable bonds is 5. The molecule has 1 amide bonds. The van der Waals surface area contributed by atoms with Crippen molar-refractivity contribution in [3.05, 3.63) is 47.5 Å². The first-order chi connectivity index (χ1) is 14.7. The van der Waals surface area contributed by atoms with Gasteiger partial charge in [-0.15, -0.1) is 35.3 Å². The predicted molar refractivity (Wildman–Crippen MR) is 137 cm³/mol. The number of guanidine groups is 1. The van der Waals surface area contributed by atoms with Crippen molar-refractivity contribution in [1.29, 1.82) is 0 Å². The van der Waals surface area contributed by atoms with Gasteiger partial charge in [0.1, 0.15) is 6.54 Å². The molecule has 9 heteroatoms. The number of anilines is 1. The summed E-state index contributed by atoms with van der Waals surface area (Å²) < 4.78 is 0. The van der Waals surface area contributed by atoms with Crippen molar-refractivity contribution in [2.45, 2.75) is 19.3 Å². The molecule has 31 heavy (non-hydrogen) atoms. The highest BCUT2D eigenvalue weighted by atomic mass is 127. The van der Waals surface area contributed by atoms with E-state index >= 15 is 0 Å². The Bertz CT molecular complexity index is 831. The molecule has 0 radical (unpaired) electrons. The summed E-state index contributed by atoms with van der Waals surface area (Å²) in [6, 6.07) is 10.6. The number of benzene rings is 1. The molecule has 2 saturated heterocycles. The third kappa shape index (κ3) is 6.55. The number of likely N-dealkylation sites (tertiary alicyclic amines) is 1. The van der Waals surface area contributed by atoms with Crippen LogP contribution in [-0.4, -0.2) is 72.5 Å². The van der Waals surface area contributed by atoms with Crippen LogP contribution in [0.25, 0.3) is 0 Å². The zero-order valence-electron chi connectivity index (χ0n) is 17.7. The fourth-order valence-corrected chi connectivity index (χ4v) is 4.88. The van der Waals surface area contributed by atoms with E-state index in [0.29, 0.717) is 11.9 Å². The molecule has 0 aliphatic carbocycles. The van der Waals surface area contributed by atoms with E-state index in [9.17, 15) is 4.79 Å². The number of carbonyl (C=O) groups excluding carboxylic acids is 1. The Balaban J connectivity index is 0.00000272. The largest absolute Gasteiger partial charge is 0.370 e. The summed E-state index contributed by atoms with van der Waals surface area (Å²) in [7, 11) is 0. The van der Waals surface area contributed by atoms with Gasteiger partial charge in [0.25, 0.3) is 0 Å². The van der Waals surface area contributed by atoms with Gasteiger partial charge in [0.2, 0.25) is 5.91 Å². The number of halogens is 1. The molecule has 2 aliphatic heterocycles. The number of aromatic nitrogens is 1. The van der Waals surface area contributed by atoms with Crippen molar-refractivity contribution in [1.82, 2.24) is 14.8 Å². The van der Waals surface area contributed by atoms with Crippen LogP contribution >= 0.6 is 35.3 Å². The minimum absolute atomic E-state index is 0. The lowest BCUT2D eigenvalue weighted by Gasteiger charge is -2.35. The first-order valence-corrected chi connectivity index (χ1v) is 11.6. The van der Waals surface area contributed by atoms with Crippen LogP contribution in [0.2, 0.25) is 0 Å². The second kappa shape index (κ2) is 11.7. The lowest BCUT2D eigenvalue weighted by molar-refractivity contribution is -0.130. The van der Waals surface area contributed by atoms with Crippen LogP contribution in [0.1, 0.15) is 18.4 Å². The minimum Gasteiger partial charge on any atom is -0.370 e. The Morgan fingerprint density at radius 3 is 2.42 bits per heavy atom. The molecule has 7 nitrogen and oxygen atoms in total. The smallest absolute Gasteiger partial charge is 0.244 e. The average Bonchev–Trinajstić information content (AvgIpc) is 3.34. The van der Waals surface area contributed by atoms with Gasteiger partial charge in [0.15, 0.2) is 11.1 Å². The highest BCUT2D eigenvalue weighted by Gasteiger charge is 2.24. The Kier molecular flexibility index (Phi) is 8.94. The number of nitrogens with two attached hydrogens (primary N) is 1. The summed E-state index contributed by atoms with van der Waals surface area (Å²) in [5.41, 5.74) is 7.56. The van der Waals surface area contributed by atoms with Crippen molar-refractivity contribution in [3.63, 3.8) is 0 Å². The molecule has 2 N–H and O–H groups in total. The number of hydrogen-bond acceptors (Lipinski definition) is 5. The maximum Gasteiger partial charge on any atom is 0.244 e. The van der Waals surface area contributed by atoms with Gasteiger partial charge in [-0.2, -0.15) is 0 Å². The van der Waals surface area contributed by atoms with Crippen LogP contribution < -0.4 is 10.6 Å². The number of piperidine rings is 1. The lowest BCUT2D eigenvalue weighted by Crippen LogP contribution is -2.51. The van der Waals surface area contributed by atoms with E-state index in [2.05, 4.69) is 50.1 Å². The molecule has 2 aliphatic rings. The zero-order valence-corrected chi connectivity index (χ0v) is 20.9. The predicted octanol–water partition coefficient (Wildman–Crippen LogP) is 2.68. The van der Waals surface area contributed by atoms with Gasteiger partial charge >= 0.3 is 0 Å². The molecule has 3 heterocycles. The number of hydrogen-bond donors (Lipinski definition) is 1. The van der Waals surface area contributed by atoms with Gasteiger partial charge in [-0.25, -0.2) is 9.98 Å². The zero-order chi connectivity index (χ0) is 20.8. The van der Waals surface area contributed by atoms with Gasteiger partial charge in [-0.05, 0) is 30.7 Å². The molecule has 0 atom stereocenters. The lowest BCUT2D eigenvalue weighted by atomic mass is 9.90. The summed E-state index contributed by atoms with van der Waals surface area (Å²) in [5.74, 6) is 1.21. The van der Waals surface area contributed by atoms with Crippen molar-refractivity contribution in [2.24, 2.45) is 16.6 Å². The summed E-state index contributed by atoms with van der Waals surface area (Å²) in [4.78, 5) is 27.6. The number of amides is 1. The monoisotopic (exact) mass is 554 g/mol. The van der Waals surface area contributed by atoms with Gasteiger partial charge in [-0.3, -0.25) is 4.79 Å². The van der Waals surface area contributed by atoms with Crippen LogP contribution in [0.15, 0.2) is 46.9 Å². The van der Waals surface area contributed by atoms with Crippen molar-refractivity contribution >= 4 is 52.3 Å². The fourth-order valence-electron chi connectivity index (χ4n) is 4.18. The number of piperazine rings is 1. The minimum atomic E-state index is 0. The second-order valence-corrected chi connectivity index (χ2v) is 8.85. The van der Waals surface area contributed by atoms with E-state index in [1.165, 1.54) is 5.56 Å². The van der Waals surface area contributed by atoms with Crippen LogP contribution in [0.3, 0.4) is 0 Å². The van der Waals surface area contributed by atoms with E-state index in [0.717, 1.165) is 63.7 Å². The van der Waals surface area contributed by atoms with Gasteiger partial charge in [-0.1, -0.05) is 30.3 Å². The standard InChI is InChI=1S/C22H30N6OS.HI/c23-21(27-11-13-28(14-12-27)22-24-8-15-30-22)25-17-20(29)26-9-6-19(7-10-26)16-18-4-2-1-3-5-18;/h1-5,8,15,19H,6-7,9-14,16-17H2,(H2,23,25);1H. The quantitative estimate of drug-likeness (QED) is 0.350. The molecular formula is C22H31IN6OS. The van der Waals surface area contributed by atoms with E-state index < -0.39 is 0 Å². The molecule has 0 spiro atoms. The Morgan fingerprint density at radius 1 is 1.06 bits per heavy atom. The topological polar surface area (TPSA) is 78.1 Å². The summed E-state index contributed by atoms with van der Waals surface area (Å²) in [6.45, 7) is 5.11. The molecule has 0 unspecified atom stereocenters. The summed E-state index contributed by atoms with van der Waals surface area (Å²) in [5, 5.41) is 3.05. The number of thiazole rings is 1. The molecule has 168 valence electrons. The molecule has 2 fully saturated rings. The first-order valence-electron chi connectivity index (χ1n) is 10.7. The van der Waals surface area contributed by atoms with Crippen LogP contribution in [-0.2, 0) is 11.2 Å². The number of aliphatic imine (C=N–C) groups is 1. The summed E-state index contributed by atoms with van der Waals surface area (Å²) in [6.07, 6.45) is 5.04. The molecule has 0 saturated carbocycles. The van der Waals surface area contributed by atoms with Gasteiger partial charge in [0, 0.05) is 50.8 Å². The molecule has 2 aromatic rings. The van der Waals surface area contributed by atoms with Gasteiger partial charge in [0.05, 0.1) is 0 Å². The van der Waals surface area contributed by atoms with Crippen molar-refractivity contribution in [2.75, 3.05) is 50.7 Å². The highest BCUT2D eigenvalue weighted by molar-refractivity contribution is 14.0. The normalized spacial score (nSPS) is 18.1. The van der Waals surface area contributed by atoms with Crippen molar-refractivity contribution < 1.29 is 4.79 Å². The fraction of sp³-hybridized carbons (Fsp3) is 0.500. The molecule has 0 bridgehead atoms. The van der Waals surface area contributed by atoms with Crippen LogP contribution in [0.5, 0.6) is 0 Å². The van der Waals surface area contributed by atoms with Crippen molar-refractivity contribution in [3.8, 4) is 0 Å². The SMILES string of the molecule is I.NC(=NCC(=O)N1CCC(Cc2ccccc2)CC1)N1CCN(c2nccs2)CC1. The molecular weight excluding hydrogens is 523 g/mol. The molecule has 4 rings (SSSR count). The van der Waals surface area contributed by atoms with E-state index in [1.807, 2.05) is 16.5 Å². The third-order valence-corrected chi connectivity index (χ3v) is 6.84. The highest BCUT2D eigenvalue weighted by Crippen LogP contribution is 2.22. The average molecular weight is 555 g/mol. The van der Waals surface area contributed by atoms with E-state index in [4.69, 9.17) is 5.73 Å². The number of carbonyl (C=O) groups is 1. The molecule has 1 aromatic heterocycles. The second-order valence-electron chi connectivity index (χ2n) is 7.98. The number of nitrogens with zero attached hydrogens (tertiary/aromatic N) is 5. The van der Waals surface area contributed by atoms with Crippen LogP contribution in [0.4, 0.5) is 5.13 Å². The molecule has 1 aromatic carbocycles. The first kappa shape index (κ1) is 23.8. The Morgan fingerprint density at radius 2 is 1.77 bits per heavy atom. The Labute approximate surface area is 205 Å². The maximum absolute atomic E-state index is 12.6. The summed E-state index contributed by atoms with van der Waals surface area (Å²) >= 11 is 1.65. The van der Waals surface area contributed by atoms with E-state index in [1.54, 1.807) is 11.3 Å². The van der Waals surface area contributed by atoms with E-state index in [-0.39, 0.29) is 36.4 Å². The Hall–Kier alpha value is -1.88. The third-order valence-electron chi connectivity index (χ3n) is 6.00.